The molecule has 3 nitrogen and oxygen atoms in total. The monoisotopic (exact) mass is 384 g/mol. The molecule has 1 atom stereocenters. The predicted octanol–water partition coefficient (Wildman–Crippen LogP) is 5.48. The van der Waals surface area contributed by atoms with Crippen LogP contribution in [0.3, 0.4) is 0 Å². The molecule has 27 heavy (non-hydrogen) atoms. The highest BCUT2D eigenvalue weighted by atomic mass is 35.5. The smallest absolute Gasteiger partial charge is 0.340 e. The number of halogens is 2. The molecule has 0 aliphatic rings. The predicted molar refractivity (Wildman–Crippen MR) is 102 cm³/mol. The van der Waals surface area contributed by atoms with E-state index in [0.29, 0.717) is 16.1 Å². The zero-order chi connectivity index (χ0) is 19.1. The van der Waals surface area contributed by atoms with Gasteiger partial charge in [-0.3, -0.25) is 0 Å². The molecule has 0 amide bonds. The number of carbonyl (C=O) groups is 1. The molecule has 0 saturated carbocycles. The van der Waals surface area contributed by atoms with Crippen LogP contribution in [-0.4, -0.2) is 5.97 Å². The average Bonchev–Trinajstić information content (AvgIpc) is 2.70. The van der Waals surface area contributed by atoms with Crippen molar-refractivity contribution in [2.45, 2.75) is 19.3 Å². The first kappa shape index (κ1) is 19.1. The lowest BCUT2D eigenvalue weighted by atomic mass is 10.1. The molecule has 3 rings (SSSR count). The minimum Gasteiger partial charge on any atom is -0.459 e. The number of hydrogen-bond acceptors (Lipinski definition) is 3. The molecule has 0 aliphatic heterocycles. The molecule has 0 saturated heterocycles. The zero-order valence-corrected chi connectivity index (χ0v) is 15.2. The SMILES string of the molecule is O=C(OCc1ccc(F)cc1)C(OCc1ccccc1)c1ccc(Cl)cc1. The molecule has 0 N–H and O–H groups in total. The Morgan fingerprint density at radius 3 is 2.15 bits per heavy atom. The van der Waals surface area contributed by atoms with Crippen molar-refractivity contribution in [1.82, 2.24) is 0 Å². The van der Waals surface area contributed by atoms with Crippen LogP contribution in [0.2, 0.25) is 5.02 Å². The van der Waals surface area contributed by atoms with Gasteiger partial charge >= 0.3 is 5.97 Å². The Labute approximate surface area is 162 Å². The second-order valence-corrected chi connectivity index (χ2v) is 6.40. The van der Waals surface area contributed by atoms with E-state index in [9.17, 15) is 9.18 Å². The van der Waals surface area contributed by atoms with E-state index < -0.39 is 12.1 Å². The molecular weight excluding hydrogens is 367 g/mol. The first-order chi connectivity index (χ1) is 13.1. The third-order valence-electron chi connectivity index (χ3n) is 3.94. The largest absolute Gasteiger partial charge is 0.459 e. The number of hydrogen-bond donors (Lipinski definition) is 0. The Hall–Kier alpha value is -2.69. The van der Waals surface area contributed by atoms with Gasteiger partial charge in [0.05, 0.1) is 6.61 Å². The van der Waals surface area contributed by atoms with Gasteiger partial charge in [0.2, 0.25) is 0 Å². The topological polar surface area (TPSA) is 35.5 Å². The van der Waals surface area contributed by atoms with Crippen molar-refractivity contribution < 1.29 is 18.7 Å². The molecule has 0 aliphatic carbocycles. The summed E-state index contributed by atoms with van der Waals surface area (Å²) in [6.07, 6.45) is -0.886. The molecule has 0 aromatic heterocycles. The van der Waals surface area contributed by atoms with Crippen LogP contribution in [0.4, 0.5) is 4.39 Å². The van der Waals surface area contributed by atoms with Crippen molar-refractivity contribution in [3.05, 3.63) is 106 Å². The molecule has 0 bridgehead atoms. The zero-order valence-electron chi connectivity index (χ0n) is 14.5. The fraction of sp³-hybridized carbons (Fsp3) is 0.136. The van der Waals surface area contributed by atoms with Crippen molar-refractivity contribution in [1.29, 1.82) is 0 Å². The Kier molecular flexibility index (Phi) is 6.58. The summed E-state index contributed by atoms with van der Waals surface area (Å²) in [4.78, 5) is 12.6. The van der Waals surface area contributed by atoms with E-state index >= 15 is 0 Å². The van der Waals surface area contributed by atoms with E-state index in [-0.39, 0.29) is 19.0 Å². The van der Waals surface area contributed by atoms with Gasteiger partial charge in [-0.2, -0.15) is 0 Å². The van der Waals surface area contributed by atoms with Crippen molar-refractivity contribution >= 4 is 17.6 Å². The lowest BCUT2D eigenvalue weighted by molar-refractivity contribution is -0.160. The third kappa shape index (κ3) is 5.64. The number of benzene rings is 3. The van der Waals surface area contributed by atoms with Crippen LogP contribution >= 0.6 is 11.6 Å². The van der Waals surface area contributed by atoms with Gasteiger partial charge in [0.15, 0.2) is 6.10 Å². The molecule has 5 heteroatoms. The van der Waals surface area contributed by atoms with Crippen LogP contribution in [0.5, 0.6) is 0 Å². The fourth-order valence-electron chi connectivity index (χ4n) is 2.50. The van der Waals surface area contributed by atoms with E-state index in [1.807, 2.05) is 30.3 Å². The minimum atomic E-state index is -0.886. The Morgan fingerprint density at radius 2 is 1.48 bits per heavy atom. The lowest BCUT2D eigenvalue weighted by Gasteiger charge is -2.18. The number of carbonyl (C=O) groups excluding carboxylic acids is 1. The van der Waals surface area contributed by atoms with Crippen LogP contribution in [0.15, 0.2) is 78.9 Å². The summed E-state index contributed by atoms with van der Waals surface area (Å²) in [5, 5.41) is 0.570. The molecule has 0 heterocycles. The number of esters is 1. The maximum Gasteiger partial charge on any atom is 0.340 e. The molecular formula is C22H18ClFO3. The first-order valence-electron chi connectivity index (χ1n) is 8.44. The van der Waals surface area contributed by atoms with Gasteiger partial charge in [-0.25, -0.2) is 9.18 Å². The first-order valence-corrected chi connectivity index (χ1v) is 8.82. The number of rotatable bonds is 7. The van der Waals surface area contributed by atoms with Crippen molar-refractivity contribution in [3.8, 4) is 0 Å². The maximum absolute atomic E-state index is 13.0. The minimum absolute atomic E-state index is 0.0396. The van der Waals surface area contributed by atoms with E-state index in [1.165, 1.54) is 12.1 Å². The summed E-state index contributed by atoms with van der Waals surface area (Å²) in [6, 6.07) is 22.2. The standard InChI is InChI=1S/C22H18ClFO3/c23-19-10-8-18(9-11-19)21(26-14-16-4-2-1-3-5-16)22(25)27-15-17-6-12-20(24)13-7-17/h1-13,21H,14-15H2. The van der Waals surface area contributed by atoms with Gasteiger partial charge in [-0.1, -0.05) is 66.2 Å². The fourth-order valence-corrected chi connectivity index (χ4v) is 2.63. The normalized spacial score (nSPS) is 11.8. The van der Waals surface area contributed by atoms with Gasteiger partial charge in [0, 0.05) is 5.02 Å². The number of ether oxygens (including phenoxy) is 2. The third-order valence-corrected chi connectivity index (χ3v) is 4.19. The van der Waals surface area contributed by atoms with Crippen molar-refractivity contribution in [2.75, 3.05) is 0 Å². The molecule has 0 fully saturated rings. The van der Waals surface area contributed by atoms with Gasteiger partial charge in [-0.15, -0.1) is 0 Å². The molecule has 1 unspecified atom stereocenters. The van der Waals surface area contributed by atoms with Crippen LogP contribution in [-0.2, 0) is 27.5 Å². The van der Waals surface area contributed by atoms with Gasteiger partial charge in [-0.05, 0) is 41.0 Å². The Balaban J connectivity index is 1.70. The van der Waals surface area contributed by atoms with Crippen LogP contribution < -0.4 is 0 Å². The second kappa shape index (κ2) is 9.31. The quantitative estimate of drug-likeness (QED) is 0.506. The summed E-state index contributed by atoms with van der Waals surface area (Å²) in [7, 11) is 0. The van der Waals surface area contributed by atoms with Crippen molar-refractivity contribution in [2.24, 2.45) is 0 Å². The van der Waals surface area contributed by atoms with Gasteiger partial charge in [0.25, 0.3) is 0 Å². The molecule has 138 valence electrons. The van der Waals surface area contributed by atoms with E-state index in [1.54, 1.807) is 36.4 Å². The van der Waals surface area contributed by atoms with E-state index in [0.717, 1.165) is 5.56 Å². The van der Waals surface area contributed by atoms with Gasteiger partial charge < -0.3 is 9.47 Å². The van der Waals surface area contributed by atoms with Gasteiger partial charge in [0.1, 0.15) is 12.4 Å². The van der Waals surface area contributed by atoms with E-state index in [4.69, 9.17) is 21.1 Å². The summed E-state index contributed by atoms with van der Waals surface area (Å²) in [5.74, 6) is -0.854. The summed E-state index contributed by atoms with van der Waals surface area (Å²) in [5.41, 5.74) is 2.30. The van der Waals surface area contributed by atoms with Crippen LogP contribution in [0, 0.1) is 5.82 Å². The molecule has 0 spiro atoms. The average molecular weight is 385 g/mol. The molecule has 3 aromatic rings. The van der Waals surface area contributed by atoms with Crippen molar-refractivity contribution in [3.63, 3.8) is 0 Å². The summed E-state index contributed by atoms with van der Waals surface area (Å²) < 4.78 is 24.2. The summed E-state index contributed by atoms with van der Waals surface area (Å²) >= 11 is 5.94. The summed E-state index contributed by atoms with van der Waals surface area (Å²) in [6.45, 7) is 0.303. The highest BCUT2D eigenvalue weighted by molar-refractivity contribution is 6.30. The Bertz CT molecular complexity index is 864. The molecule has 3 aromatic carbocycles. The maximum atomic E-state index is 13.0. The second-order valence-electron chi connectivity index (χ2n) is 5.96. The Morgan fingerprint density at radius 1 is 0.852 bits per heavy atom. The van der Waals surface area contributed by atoms with Crippen LogP contribution in [0.25, 0.3) is 0 Å². The van der Waals surface area contributed by atoms with Crippen LogP contribution in [0.1, 0.15) is 22.8 Å². The highest BCUT2D eigenvalue weighted by Gasteiger charge is 2.23. The molecule has 0 radical (unpaired) electrons. The lowest BCUT2D eigenvalue weighted by Crippen LogP contribution is -2.19. The highest BCUT2D eigenvalue weighted by Crippen LogP contribution is 2.23. The van der Waals surface area contributed by atoms with E-state index in [2.05, 4.69) is 0 Å².